The molecule has 1 heterocycles. The average molecular weight is 421 g/mol. The van der Waals surface area contributed by atoms with Gasteiger partial charge in [-0.15, -0.1) is 0 Å². The van der Waals surface area contributed by atoms with Crippen molar-refractivity contribution in [1.82, 2.24) is 0 Å². The van der Waals surface area contributed by atoms with Crippen LogP contribution >= 0.6 is 0 Å². The summed E-state index contributed by atoms with van der Waals surface area (Å²) in [6.07, 6.45) is 2.05. The largest absolute Gasteiger partial charge is 0.305 e. The summed E-state index contributed by atoms with van der Waals surface area (Å²) >= 11 is 0. The fourth-order valence-corrected chi connectivity index (χ4v) is 4.82. The minimum atomic E-state index is -3.44. The zero-order valence-electron chi connectivity index (χ0n) is 17.0. The van der Waals surface area contributed by atoms with Crippen molar-refractivity contribution in [3.63, 3.8) is 0 Å². The first-order chi connectivity index (χ1) is 14.3. The van der Waals surface area contributed by atoms with E-state index < -0.39 is 10.0 Å². The smallest absolute Gasteiger partial charge is 0.258 e. The number of benzene rings is 3. The SMILES string of the molecule is CC1Cc2ccccc2N1C(=O)c1ccc(CN(c2ccccc2)S(C)(=O)=O)cc1. The molecule has 1 amide bonds. The molecule has 0 spiro atoms. The molecule has 1 aliphatic heterocycles. The van der Waals surface area contributed by atoms with Crippen LogP contribution in [0, 0.1) is 0 Å². The summed E-state index contributed by atoms with van der Waals surface area (Å²) in [6, 6.07) is 24.3. The van der Waals surface area contributed by atoms with Gasteiger partial charge in [-0.2, -0.15) is 0 Å². The molecular weight excluding hydrogens is 396 g/mol. The molecular formula is C24H24N2O3S. The highest BCUT2D eigenvalue weighted by Gasteiger charge is 2.31. The molecule has 0 N–H and O–H groups in total. The molecule has 4 rings (SSSR count). The normalized spacial score (nSPS) is 15.7. The number of nitrogens with zero attached hydrogens (tertiary/aromatic N) is 2. The number of carbonyl (C=O) groups is 1. The van der Waals surface area contributed by atoms with E-state index in [1.807, 2.05) is 53.4 Å². The van der Waals surface area contributed by atoms with E-state index in [-0.39, 0.29) is 18.5 Å². The van der Waals surface area contributed by atoms with Gasteiger partial charge in [0.05, 0.1) is 18.5 Å². The Labute approximate surface area is 177 Å². The summed E-state index contributed by atoms with van der Waals surface area (Å²) in [6.45, 7) is 2.26. The van der Waals surface area contributed by atoms with Crippen molar-refractivity contribution in [3.05, 3.63) is 95.6 Å². The molecule has 0 aliphatic carbocycles. The zero-order chi connectivity index (χ0) is 21.3. The summed E-state index contributed by atoms with van der Waals surface area (Å²) in [7, 11) is -3.44. The van der Waals surface area contributed by atoms with Crippen LogP contribution in [0.25, 0.3) is 0 Å². The van der Waals surface area contributed by atoms with Gasteiger partial charge in [0.25, 0.3) is 5.91 Å². The lowest BCUT2D eigenvalue weighted by Crippen LogP contribution is -2.35. The highest BCUT2D eigenvalue weighted by molar-refractivity contribution is 7.92. The number of carbonyl (C=O) groups excluding carboxylic acids is 1. The zero-order valence-corrected chi connectivity index (χ0v) is 17.8. The fraction of sp³-hybridized carbons (Fsp3) is 0.208. The second kappa shape index (κ2) is 7.95. The molecule has 6 heteroatoms. The maximum atomic E-state index is 13.2. The topological polar surface area (TPSA) is 57.7 Å². The minimum absolute atomic E-state index is 0.0398. The predicted octanol–water partition coefficient (Wildman–Crippen LogP) is 4.24. The van der Waals surface area contributed by atoms with Crippen LogP contribution in [0.5, 0.6) is 0 Å². The molecule has 30 heavy (non-hydrogen) atoms. The minimum Gasteiger partial charge on any atom is -0.305 e. The monoisotopic (exact) mass is 420 g/mol. The molecule has 1 aliphatic rings. The number of rotatable bonds is 5. The molecule has 5 nitrogen and oxygen atoms in total. The van der Waals surface area contributed by atoms with E-state index >= 15 is 0 Å². The van der Waals surface area contributed by atoms with E-state index in [0.29, 0.717) is 11.3 Å². The first kappa shape index (κ1) is 20.2. The maximum absolute atomic E-state index is 13.2. The van der Waals surface area contributed by atoms with Gasteiger partial charge in [-0.25, -0.2) is 8.42 Å². The van der Waals surface area contributed by atoms with E-state index in [1.165, 1.54) is 16.1 Å². The average Bonchev–Trinajstić information content (AvgIpc) is 3.07. The second-order valence-corrected chi connectivity index (χ2v) is 9.57. The highest BCUT2D eigenvalue weighted by Crippen LogP contribution is 2.33. The van der Waals surface area contributed by atoms with Crippen LogP contribution in [0.2, 0.25) is 0 Å². The van der Waals surface area contributed by atoms with Gasteiger partial charge in [0.1, 0.15) is 0 Å². The van der Waals surface area contributed by atoms with Crippen molar-refractivity contribution in [2.24, 2.45) is 0 Å². The molecule has 3 aromatic carbocycles. The van der Waals surface area contributed by atoms with Crippen molar-refractivity contribution < 1.29 is 13.2 Å². The maximum Gasteiger partial charge on any atom is 0.258 e. The lowest BCUT2D eigenvalue weighted by atomic mass is 10.1. The summed E-state index contributed by atoms with van der Waals surface area (Å²) in [5.74, 6) is -0.0398. The van der Waals surface area contributed by atoms with Gasteiger partial charge in [0.2, 0.25) is 10.0 Å². The number of fused-ring (bicyclic) bond motifs is 1. The molecule has 1 unspecified atom stereocenters. The van der Waals surface area contributed by atoms with Crippen LogP contribution in [0.1, 0.15) is 28.4 Å². The van der Waals surface area contributed by atoms with Crippen molar-refractivity contribution in [3.8, 4) is 0 Å². The van der Waals surface area contributed by atoms with Gasteiger partial charge in [0.15, 0.2) is 0 Å². The number of hydrogen-bond acceptors (Lipinski definition) is 3. The summed E-state index contributed by atoms with van der Waals surface area (Å²) in [4.78, 5) is 15.0. The second-order valence-electron chi connectivity index (χ2n) is 7.66. The first-order valence-electron chi connectivity index (χ1n) is 9.88. The quantitative estimate of drug-likeness (QED) is 0.620. The number of sulfonamides is 1. The van der Waals surface area contributed by atoms with Gasteiger partial charge in [-0.3, -0.25) is 9.10 Å². The predicted molar refractivity (Wildman–Crippen MR) is 120 cm³/mol. The molecule has 0 radical (unpaired) electrons. The van der Waals surface area contributed by atoms with Crippen molar-refractivity contribution in [2.45, 2.75) is 25.9 Å². The molecule has 1 atom stereocenters. The molecule has 0 fully saturated rings. The third-order valence-electron chi connectivity index (χ3n) is 5.40. The van der Waals surface area contributed by atoms with Crippen LogP contribution in [0.15, 0.2) is 78.9 Å². The fourth-order valence-electron chi connectivity index (χ4n) is 3.93. The van der Waals surface area contributed by atoms with Gasteiger partial charge in [-0.05, 0) is 54.8 Å². The number of anilines is 2. The van der Waals surface area contributed by atoms with Gasteiger partial charge < -0.3 is 4.90 Å². The van der Waals surface area contributed by atoms with E-state index in [1.54, 1.807) is 24.3 Å². The van der Waals surface area contributed by atoms with Crippen LogP contribution in [0.4, 0.5) is 11.4 Å². The van der Waals surface area contributed by atoms with Crippen molar-refractivity contribution >= 4 is 27.3 Å². The standard InChI is InChI=1S/C24H24N2O3S/c1-18-16-21-8-6-7-11-23(21)26(18)24(27)20-14-12-19(13-15-20)17-25(30(2,28)29)22-9-4-3-5-10-22/h3-15,18H,16-17H2,1-2H3. The Hall–Kier alpha value is -3.12. The molecule has 154 valence electrons. The van der Waals surface area contributed by atoms with Crippen molar-refractivity contribution in [2.75, 3.05) is 15.5 Å². The Morgan fingerprint density at radius 1 is 0.967 bits per heavy atom. The van der Waals surface area contributed by atoms with Crippen LogP contribution < -0.4 is 9.21 Å². The number of amides is 1. The third kappa shape index (κ3) is 3.96. The Morgan fingerprint density at radius 3 is 2.27 bits per heavy atom. The van der Waals surface area contributed by atoms with E-state index in [9.17, 15) is 13.2 Å². The van der Waals surface area contributed by atoms with Gasteiger partial charge in [0, 0.05) is 17.3 Å². The van der Waals surface area contributed by atoms with Crippen LogP contribution in [0.3, 0.4) is 0 Å². The van der Waals surface area contributed by atoms with E-state index in [0.717, 1.165) is 17.7 Å². The number of hydrogen-bond donors (Lipinski definition) is 0. The first-order valence-corrected chi connectivity index (χ1v) is 11.7. The van der Waals surface area contributed by atoms with Gasteiger partial charge in [-0.1, -0.05) is 48.5 Å². The third-order valence-corrected chi connectivity index (χ3v) is 6.54. The van der Waals surface area contributed by atoms with Gasteiger partial charge >= 0.3 is 0 Å². The van der Waals surface area contributed by atoms with E-state index in [2.05, 4.69) is 13.0 Å². The number of para-hydroxylation sites is 2. The summed E-state index contributed by atoms with van der Waals surface area (Å²) in [5, 5.41) is 0. The molecule has 0 saturated carbocycles. The lowest BCUT2D eigenvalue weighted by molar-refractivity contribution is 0.0981. The Kier molecular flexibility index (Phi) is 5.35. The Morgan fingerprint density at radius 2 is 1.60 bits per heavy atom. The van der Waals surface area contributed by atoms with E-state index in [4.69, 9.17) is 0 Å². The van der Waals surface area contributed by atoms with Crippen LogP contribution in [-0.2, 0) is 23.0 Å². The summed E-state index contributed by atoms with van der Waals surface area (Å²) in [5.41, 5.74) is 4.17. The Bertz CT molecular complexity index is 1160. The van der Waals surface area contributed by atoms with Crippen molar-refractivity contribution in [1.29, 1.82) is 0 Å². The molecule has 0 bridgehead atoms. The summed E-state index contributed by atoms with van der Waals surface area (Å²) < 4.78 is 26.0. The lowest BCUT2D eigenvalue weighted by Gasteiger charge is -2.24. The Balaban J connectivity index is 1.56. The van der Waals surface area contributed by atoms with Crippen LogP contribution in [-0.4, -0.2) is 26.6 Å². The molecule has 3 aromatic rings. The molecule has 0 saturated heterocycles. The molecule has 0 aromatic heterocycles. The highest BCUT2D eigenvalue weighted by atomic mass is 32.2.